The molecule has 1 amide bonds. The minimum atomic E-state index is -0.777. The van der Waals surface area contributed by atoms with Gasteiger partial charge in [0, 0.05) is 18.0 Å². The Morgan fingerprint density at radius 2 is 1.90 bits per heavy atom. The van der Waals surface area contributed by atoms with Crippen LogP contribution in [0.1, 0.15) is 12.8 Å². The van der Waals surface area contributed by atoms with Crippen LogP contribution in [0.25, 0.3) is 0 Å². The van der Waals surface area contributed by atoms with Crippen molar-refractivity contribution in [2.45, 2.75) is 17.7 Å². The molecule has 108 valence electrons. The number of benzene rings is 1. The van der Waals surface area contributed by atoms with Crippen LogP contribution in [0.4, 0.5) is 0 Å². The zero-order valence-electron chi connectivity index (χ0n) is 11.0. The molecule has 0 saturated carbocycles. The molecule has 5 nitrogen and oxygen atoms in total. The summed E-state index contributed by atoms with van der Waals surface area (Å²) >= 11 is 1.30. The van der Waals surface area contributed by atoms with Gasteiger partial charge in [-0.3, -0.25) is 9.59 Å². The highest BCUT2D eigenvalue weighted by Gasteiger charge is 2.26. The number of nitrogens with zero attached hydrogens (tertiary/aromatic N) is 1. The third-order valence-corrected chi connectivity index (χ3v) is 4.46. The van der Waals surface area contributed by atoms with Gasteiger partial charge in [0.2, 0.25) is 5.91 Å². The van der Waals surface area contributed by atoms with E-state index in [2.05, 4.69) is 0 Å². The van der Waals surface area contributed by atoms with Crippen molar-refractivity contribution < 1.29 is 19.8 Å². The summed E-state index contributed by atoms with van der Waals surface area (Å²) in [7, 11) is 0. The molecule has 0 bridgehead atoms. The van der Waals surface area contributed by atoms with Crippen LogP contribution < -0.4 is 0 Å². The van der Waals surface area contributed by atoms with Gasteiger partial charge >= 0.3 is 5.97 Å². The summed E-state index contributed by atoms with van der Waals surface area (Å²) < 4.78 is 0. The minimum absolute atomic E-state index is 0.0120. The smallest absolute Gasteiger partial charge is 0.306 e. The van der Waals surface area contributed by atoms with Crippen LogP contribution in [-0.4, -0.2) is 45.8 Å². The molecule has 20 heavy (non-hydrogen) atoms. The van der Waals surface area contributed by atoms with Gasteiger partial charge < -0.3 is 15.1 Å². The van der Waals surface area contributed by atoms with Crippen molar-refractivity contribution in [2.24, 2.45) is 5.92 Å². The lowest BCUT2D eigenvalue weighted by molar-refractivity contribution is -0.145. The molecule has 1 aromatic carbocycles. The zero-order chi connectivity index (χ0) is 14.5. The van der Waals surface area contributed by atoms with Crippen LogP contribution in [0, 0.1) is 5.92 Å². The Balaban J connectivity index is 1.82. The Morgan fingerprint density at radius 1 is 1.25 bits per heavy atom. The summed E-state index contributed by atoms with van der Waals surface area (Å²) in [6.45, 7) is 0.994. The third-order valence-electron chi connectivity index (χ3n) is 3.41. The van der Waals surface area contributed by atoms with Crippen molar-refractivity contribution in [3.8, 4) is 5.75 Å². The van der Waals surface area contributed by atoms with Gasteiger partial charge in [-0.15, -0.1) is 11.8 Å². The van der Waals surface area contributed by atoms with E-state index in [1.165, 1.54) is 11.8 Å². The normalized spacial score (nSPS) is 16.1. The number of thioether (sulfide) groups is 1. The molecule has 1 aliphatic heterocycles. The monoisotopic (exact) mass is 295 g/mol. The lowest BCUT2D eigenvalue weighted by atomic mass is 9.97. The second kappa shape index (κ2) is 6.65. The van der Waals surface area contributed by atoms with Crippen molar-refractivity contribution in [1.29, 1.82) is 0 Å². The van der Waals surface area contributed by atoms with E-state index in [4.69, 9.17) is 5.11 Å². The van der Waals surface area contributed by atoms with E-state index >= 15 is 0 Å². The molecule has 6 heteroatoms. The van der Waals surface area contributed by atoms with Crippen LogP contribution in [0.3, 0.4) is 0 Å². The molecule has 0 spiro atoms. The predicted molar refractivity (Wildman–Crippen MR) is 75.8 cm³/mol. The molecule has 2 rings (SSSR count). The number of aliphatic carboxylic acids is 1. The number of carboxylic acid groups (broad SMARTS) is 1. The fraction of sp³-hybridized carbons (Fsp3) is 0.429. The van der Waals surface area contributed by atoms with Gasteiger partial charge in [-0.25, -0.2) is 0 Å². The molecule has 1 aliphatic rings. The van der Waals surface area contributed by atoms with Gasteiger partial charge in [-0.05, 0) is 25.0 Å². The maximum absolute atomic E-state index is 12.0. The Morgan fingerprint density at radius 3 is 2.50 bits per heavy atom. The van der Waals surface area contributed by atoms with E-state index in [1.54, 1.807) is 23.1 Å². The van der Waals surface area contributed by atoms with Crippen molar-refractivity contribution in [3.63, 3.8) is 0 Å². The molecular formula is C14H17NO4S. The van der Waals surface area contributed by atoms with Crippen LogP contribution in [0.2, 0.25) is 0 Å². The predicted octanol–water partition coefficient (Wildman–Crippen LogP) is 1.81. The lowest BCUT2D eigenvalue weighted by Gasteiger charge is -2.30. The van der Waals surface area contributed by atoms with Crippen LogP contribution >= 0.6 is 11.8 Å². The molecule has 0 radical (unpaired) electrons. The summed E-state index contributed by atoms with van der Waals surface area (Å²) in [5.41, 5.74) is 0. The van der Waals surface area contributed by atoms with E-state index < -0.39 is 5.97 Å². The summed E-state index contributed by atoms with van der Waals surface area (Å²) in [6.07, 6.45) is 1.03. The minimum Gasteiger partial charge on any atom is -0.507 e. The van der Waals surface area contributed by atoms with Crippen LogP contribution in [0.5, 0.6) is 5.75 Å². The molecule has 1 fully saturated rings. The van der Waals surface area contributed by atoms with Gasteiger partial charge in [-0.1, -0.05) is 12.1 Å². The number of carboxylic acids is 1. The number of aromatic hydroxyl groups is 1. The van der Waals surface area contributed by atoms with Crippen molar-refractivity contribution in [1.82, 2.24) is 4.90 Å². The first-order valence-electron chi connectivity index (χ1n) is 6.49. The number of para-hydroxylation sites is 1. The lowest BCUT2D eigenvalue weighted by Crippen LogP contribution is -2.41. The Hall–Kier alpha value is -1.69. The number of carbonyl (C=O) groups excluding carboxylic acids is 1. The van der Waals surface area contributed by atoms with Crippen molar-refractivity contribution in [2.75, 3.05) is 18.8 Å². The second-order valence-corrected chi connectivity index (χ2v) is 5.77. The quantitative estimate of drug-likeness (QED) is 0.828. The molecule has 0 aliphatic carbocycles. The van der Waals surface area contributed by atoms with E-state index in [0.29, 0.717) is 30.8 Å². The number of phenolic OH excluding ortho intramolecular Hbond substituents is 1. The topological polar surface area (TPSA) is 77.8 Å². The molecule has 0 aromatic heterocycles. The fourth-order valence-corrected chi connectivity index (χ4v) is 3.04. The first-order chi connectivity index (χ1) is 9.58. The first-order valence-corrected chi connectivity index (χ1v) is 7.48. The summed E-state index contributed by atoms with van der Waals surface area (Å²) in [5.74, 6) is -0.683. The third kappa shape index (κ3) is 3.66. The van der Waals surface area contributed by atoms with Crippen molar-refractivity contribution >= 4 is 23.6 Å². The van der Waals surface area contributed by atoms with Gasteiger partial charge in [0.15, 0.2) is 0 Å². The number of rotatable bonds is 4. The van der Waals surface area contributed by atoms with Gasteiger partial charge in [0.25, 0.3) is 0 Å². The van der Waals surface area contributed by atoms with Crippen molar-refractivity contribution in [3.05, 3.63) is 24.3 Å². The number of likely N-dealkylation sites (tertiary alicyclic amines) is 1. The maximum atomic E-state index is 12.0. The van der Waals surface area contributed by atoms with Gasteiger partial charge in [0.05, 0.1) is 11.7 Å². The van der Waals surface area contributed by atoms with E-state index in [1.807, 2.05) is 6.07 Å². The molecule has 1 saturated heterocycles. The SMILES string of the molecule is O=C(O)C1CCN(C(=O)CSc2ccccc2O)CC1. The second-order valence-electron chi connectivity index (χ2n) is 4.75. The van der Waals surface area contributed by atoms with E-state index in [9.17, 15) is 14.7 Å². The highest BCUT2D eigenvalue weighted by Crippen LogP contribution is 2.28. The number of carbonyl (C=O) groups is 2. The molecular weight excluding hydrogens is 278 g/mol. The molecule has 1 heterocycles. The summed E-state index contributed by atoms with van der Waals surface area (Å²) in [4.78, 5) is 25.3. The van der Waals surface area contributed by atoms with E-state index in [0.717, 1.165) is 0 Å². The zero-order valence-corrected chi connectivity index (χ0v) is 11.8. The summed E-state index contributed by atoms with van der Waals surface area (Å²) in [5, 5.41) is 18.5. The van der Waals surface area contributed by atoms with Gasteiger partial charge in [-0.2, -0.15) is 0 Å². The molecule has 2 N–H and O–H groups in total. The average molecular weight is 295 g/mol. The Kier molecular flexibility index (Phi) is 4.89. The Labute approximate surface area is 121 Å². The van der Waals surface area contributed by atoms with Gasteiger partial charge in [0.1, 0.15) is 5.75 Å². The largest absolute Gasteiger partial charge is 0.507 e. The number of amides is 1. The number of hydrogen-bond acceptors (Lipinski definition) is 4. The Bertz CT molecular complexity index is 498. The average Bonchev–Trinajstić information content (AvgIpc) is 2.46. The maximum Gasteiger partial charge on any atom is 0.306 e. The van der Waals surface area contributed by atoms with Crippen LogP contribution in [-0.2, 0) is 9.59 Å². The van der Waals surface area contributed by atoms with E-state index in [-0.39, 0.29) is 23.3 Å². The fourth-order valence-electron chi connectivity index (χ4n) is 2.19. The summed E-state index contributed by atoms with van der Waals surface area (Å²) in [6, 6.07) is 6.90. The number of piperidine rings is 1. The highest BCUT2D eigenvalue weighted by molar-refractivity contribution is 8.00. The first kappa shape index (κ1) is 14.7. The molecule has 1 aromatic rings. The molecule has 0 unspecified atom stereocenters. The standard InChI is InChI=1S/C14H17NO4S/c16-11-3-1-2-4-12(11)20-9-13(17)15-7-5-10(6-8-15)14(18)19/h1-4,10,16H,5-9H2,(H,18,19). The number of phenols is 1. The molecule has 0 atom stereocenters. The van der Waals surface area contributed by atoms with Crippen LogP contribution in [0.15, 0.2) is 29.2 Å². The number of hydrogen-bond donors (Lipinski definition) is 2. The highest BCUT2D eigenvalue weighted by atomic mass is 32.2.